The fourth-order valence-electron chi connectivity index (χ4n) is 4.78. The molecule has 2 aromatic carbocycles. The summed E-state index contributed by atoms with van der Waals surface area (Å²) < 4.78 is 15.7. The number of hydrogen-bond acceptors (Lipinski definition) is 4. The molecule has 0 fully saturated rings. The lowest BCUT2D eigenvalue weighted by Gasteiger charge is -2.36. The minimum Gasteiger partial charge on any atom is -0.464 e. The van der Waals surface area contributed by atoms with Crippen molar-refractivity contribution in [2.45, 2.75) is 32.7 Å². The highest BCUT2D eigenvalue weighted by molar-refractivity contribution is 5.92. The molecule has 0 saturated heterocycles. The fraction of sp³-hybridized carbons (Fsp3) is 0.259. The van der Waals surface area contributed by atoms with Crippen molar-refractivity contribution in [3.8, 4) is 0 Å². The van der Waals surface area contributed by atoms with Crippen LogP contribution in [0.4, 0.5) is 14.9 Å². The average Bonchev–Trinajstić information content (AvgIpc) is 3.17. The van der Waals surface area contributed by atoms with Gasteiger partial charge in [-0.05, 0) is 72.7 Å². The van der Waals surface area contributed by atoms with E-state index in [0.717, 1.165) is 34.9 Å². The molecule has 0 atom stereocenters. The molecule has 1 aliphatic rings. The molecule has 2 aromatic heterocycles. The van der Waals surface area contributed by atoms with Crippen LogP contribution in [0.3, 0.4) is 0 Å². The fourth-order valence-corrected chi connectivity index (χ4v) is 4.78. The van der Waals surface area contributed by atoms with Gasteiger partial charge in [-0.2, -0.15) is 0 Å². The highest BCUT2D eigenvalue weighted by atomic mass is 19.1. The van der Waals surface area contributed by atoms with Gasteiger partial charge < -0.3 is 10.5 Å². The summed E-state index contributed by atoms with van der Waals surface area (Å²) in [4.78, 5) is 16.1. The lowest BCUT2D eigenvalue weighted by molar-refractivity contribution is 0.162. The van der Waals surface area contributed by atoms with Gasteiger partial charge >= 0.3 is 6.09 Å². The molecule has 0 unspecified atom stereocenters. The van der Waals surface area contributed by atoms with E-state index >= 15 is 0 Å². The van der Waals surface area contributed by atoms with E-state index in [1.54, 1.807) is 12.3 Å². The normalized spacial score (nSPS) is 13.5. The average molecular weight is 474 g/mol. The minimum absolute atomic E-state index is 0.275. The van der Waals surface area contributed by atoms with Crippen molar-refractivity contribution in [1.29, 1.82) is 0 Å². The summed E-state index contributed by atoms with van der Waals surface area (Å²) in [7, 11) is 0. The first kappa shape index (κ1) is 22.9. The smallest absolute Gasteiger partial charge is 0.426 e. The number of nitrogens with one attached hydrogen (secondary N) is 1. The number of rotatable bonds is 7. The number of hydrazine groups is 1. The van der Waals surface area contributed by atoms with Crippen LogP contribution in [0.25, 0.3) is 10.9 Å². The standard InChI is InChI=1S/C27H28FN5O2/c1-19-17-32(30-12-4-7-21-10-13-29-16-25(21)28)26-9-8-23(15-24(19)26)33(27(34)35)31-14-11-20-5-2-3-6-22(20)18-31/h2-3,5-6,8-10,13,15-17,30H,4,7,11-12,14,18H2,1H3,(H,34,35). The maximum Gasteiger partial charge on any atom is 0.426 e. The van der Waals surface area contributed by atoms with Crippen molar-refractivity contribution in [3.63, 3.8) is 0 Å². The number of nitrogens with zero attached hydrogens (tertiary/aromatic N) is 4. The zero-order valence-corrected chi connectivity index (χ0v) is 19.6. The third-order valence-electron chi connectivity index (χ3n) is 6.57. The first-order valence-corrected chi connectivity index (χ1v) is 11.8. The predicted octanol–water partition coefficient (Wildman–Crippen LogP) is 5.12. The van der Waals surface area contributed by atoms with Crippen LogP contribution in [0.1, 0.15) is 28.7 Å². The third-order valence-corrected chi connectivity index (χ3v) is 6.57. The quantitative estimate of drug-likeness (QED) is 0.365. The van der Waals surface area contributed by atoms with Gasteiger partial charge in [0, 0.05) is 37.4 Å². The molecule has 4 aromatic rings. The number of fused-ring (bicyclic) bond motifs is 2. The van der Waals surface area contributed by atoms with Crippen LogP contribution in [0, 0.1) is 12.7 Å². The van der Waals surface area contributed by atoms with Gasteiger partial charge in [0.15, 0.2) is 0 Å². The Hall–Kier alpha value is -3.91. The van der Waals surface area contributed by atoms with Crippen molar-refractivity contribution < 1.29 is 14.3 Å². The Kier molecular flexibility index (Phi) is 6.37. The number of carbonyl (C=O) groups is 1. The SMILES string of the molecule is Cc1cn(NCCCc2ccncc2F)c2ccc(N(C(=O)O)N3CCc4ccccc4C3)cc12. The van der Waals surface area contributed by atoms with Crippen LogP contribution in [-0.4, -0.2) is 39.0 Å². The molecule has 2 N–H and O–H groups in total. The molecule has 3 heterocycles. The first-order valence-electron chi connectivity index (χ1n) is 11.8. The number of carboxylic acid groups (broad SMARTS) is 1. The van der Waals surface area contributed by atoms with E-state index < -0.39 is 6.09 Å². The van der Waals surface area contributed by atoms with Crippen LogP contribution < -0.4 is 10.4 Å². The molecule has 0 saturated carbocycles. The first-order chi connectivity index (χ1) is 17.0. The largest absolute Gasteiger partial charge is 0.464 e. The van der Waals surface area contributed by atoms with Crippen LogP contribution in [0.15, 0.2) is 67.1 Å². The molecule has 8 heteroatoms. The van der Waals surface area contributed by atoms with Gasteiger partial charge in [0.05, 0.1) is 17.4 Å². The lowest BCUT2D eigenvalue weighted by Crippen LogP contribution is -2.48. The van der Waals surface area contributed by atoms with Crippen molar-refractivity contribution in [1.82, 2.24) is 14.7 Å². The second-order valence-electron chi connectivity index (χ2n) is 8.86. The Balaban J connectivity index is 1.32. The van der Waals surface area contributed by atoms with Gasteiger partial charge in [0.25, 0.3) is 0 Å². The Morgan fingerprint density at radius 1 is 1.20 bits per heavy atom. The maximum atomic E-state index is 13.8. The van der Waals surface area contributed by atoms with E-state index in [1.807, 2.05) is 53.1 Å². The van der Waals surface area contributed by atoms with Gasteiger partial charge in [-0.25, -0.2) is 19.2 Å². The summed E-state index contributed by atoms with van der Waals surface area (Å²) in [5.41, 5.74) is 9.11. The monoisotopic (exact) mass is 473 g/mol. The molecule has 5 rings (SSSR count). The summed E-state index contributed by atoms with van der Waals surface area (Å²) in [6.07, 6.45) is 6.05. The summed E-state index contributed by atoms with van der Waals surface area (Å²) in [6.45, 7) is 3.88. The number of amides is 1. The molecular formula is C27H28FN5O2. The van der Waals surface area contributed by atoms with Crippen molar-refractivity contribution in [3.05, 3.63) is 95.2 Å². The second kappa shape index (κ2) is 9.76. The van der Waals surface area contributed by atoms with Gasteiger partial charge in [-0.1, -0.05) is 24.3 Å². The number of hydrogen-bond donors (Lipinski definition) is 2. The number of aryl methyl sites for hydroxylation is 2. The molecule has 35 heavy (non-hydrogen) atoms. The van der Waals surface area contributed by atoms with Crippen LogP contribution in [-0.2, 0) is 19.4 Å². The highest BCUT2D eigenvalue weighted by Crippen LogP contribution is 2.29. The number of pyridine rings is 1. The number of benzene rings is 2. The molecular weight excluding hydrogens is 445 g/mol. The number of anilines is 1. The minimum atomic E-state index is -0.998. The Labute approximate surface area is 203 Å². The van der Waals surface area contributed by atoms with Crippen molar-refractivity contribution in [2.24, 2.45) is 0 Å². The van der Waals surface area contributed by atoms with E-state index in [9.17, 15) is 14.3 Å². The highest BCUT2D eigenvalue weighted by Gasteiger charge is 2.27. The van der Waals surface area contributed by atoms with Crippen molar-refractivity contribution >= 4 is 22.7 Å². The van der Waals surface area contributed by atoms with E-state index in [-0.39, 0.29) is 5.82 Å². The molecule has 0 radical (unpaired) electrons. The topological polar surface area (TPSA) is 73.6 Å². The molecule has 1 aliphatic heterocycles. The molecule has 0 spiro atoms. The molecule has 0 bridgehead atoms. The number of aromatic nitrogens is 2. The van der Waals surface area contributed by atoms with E-state index in [2.05, 4.69) is 22.5 Å². The number of halogens is 1. The van der Waals surface area contributed by atoms with Crippen LogP contribution in [0.2, 0.25) is 0 Å². The Morgan fingerprint density at radius 2 is 2.03 bits per heavy atom. The van der Waals surface area contributed by atoms with E-state index in [1.165, 1.54) is 16.8 Å². The second-order valence-corrected chi connectivity index (χ2v) is 8.86. The Morgan fingerprint density at radius 3 is 2.83 bits per heavy atom. The van der Waals surface area contributed by atoms with Crippen LogP contribution in [0.5, 0.6) is 0 Å². The summed E-state index contributed by atoms with van der Waals surface area (Å²) in [6, 6.07) is 15.6. The molecule has 180 valence electrons. The van der Waals surface area contributed by atoms with Gasteiger partial charge in [0.2, 0.25) is 0 Å². The van der Waals surface area contributed by atoms with E-state index in [4.69, 9.17) is 0 Å². The zero-order chi connectivity index (χ0) is 24.4. The molecule has 1 amide bonds. The predicted molar refractivity (Wildman–Crippen MR) is 134 cm³/mol. The summed E-state index contributed by atoms with van der Waals surface area (Å²) in [5, 5.41) is 14.3. The summed E-state index contributed by atoms with van der Waals surface area (Å²) >= 11 is 0. The molecule has 7 nitrogen and oxygen atoms in total. The van der Waals surface area contributed by atoms with Crippen molar-refractivity contribution in [2.75, 3.05) is 23.5 Å². The van der Waals surface area contributed by atoms with Gasteiger partial charge in [-0.3, -0.25) is 9.66 Å². The lowest BCUT2D eigenvalue weighted by atomic mass is 10.0. The van der Waals surface area contributed by atoms with Crippen LogP contribution >= 0.6 is 0 Å². The molecule has 0 aliphatic carbocycles. The van der Waals surface area contributed by atoms with E-state index in [0.29, 0.717) is 37.3 Å². The maximum absolute atomic E-state index is 13.8. The summed E-state index contributed by atoms with van der Waals surface area (Å²) in [5.74, 6) is -0.275. The zero-order valence-electron chi connectivity index (χ0n) is 19.6. The Bertz CT molecular complexity index is 1370. The van der Waals surface area contributed by atoms with Gasteiger partial charge in [-0.15, -0.1) is 0 Å². The van der Waals surface area contributed by atoms with Gasteiger partial charge in [0.1, 0.15) is 5.82 Å². The third kappa shape index (κ3) is 4.70.